The summed E-state index contributed by atoms with van der Waals surface area (Å²) >= 11 is 0. The van der Waals surface area contributed by atoms with E-state index in [4.69, 9.17) is 0 Å². The average molecular weight is 291 g/mol. The molecular weight excluding hydrogens is 266 g/mol. The maximum atomic E-state index is 2.65. The van der Waals surface area contributed by atoms with Crippen LogP contribution in [0.2, 0.25) is 0 Å². The predicted molar refractivity (Wildman–Crippen MR) is 95.6 cm³/mol. The fourth-order valence-corrected chi connectivity index (χ4v) is 4.18. The first-order valence-corrected chi connectivity index (χ1v) is 8.90. The second-order valence-corrected chi connectivity index (χ2v) is 6.74. The molecular formula is C21H25N. The molecule has 114 valence electrons. The van der Waals surface area contributed by atoms with E-state index in [1.165, 1.54) is 65.9 Å². The van der Waals surface area contributed by atoms with E-state index in [0.29, 0.717) is 6.04 Å². The van der Waals surface area contributed by atoms with Gasteiger partial charge in [0.1, 0.15) is 0 Å². The van der Waals surface area contributed by atoms with Crippen LogP contribution < -0.4 is 0 Å². The van der Waals surface area contributed by atoms with Crippen LogP contribution in [-0.4, -0.2) is 4.57 Å². The third-order valence-electron chi connectivity index (χ3n) is 5.37. The Morgan fingerprint density at radius 1 is 0.864 bits per heavy atom. The van der Waals surface area contributed by atoms with E-state index in [2.05, 4.69) is 54.0 Å². The molecule has 0 amide bonds. The smallest absolute Gasteiger partial charge is 0.0494 e. The van der Waals surface area contributed by atoms with Gasteiger partial charge in [0, 0.05) is 27.8 Å². The molecule has 1 heterocycles. The number of nitrogens with zero attached hydrogens (tertiary/aromatic N) is 1. The lowest BCUT2D eigenvalue weighted by atomic mass is 10.1. The molecule has 0 bridgehead atoms. The van der Waals surface area contributed by atoms with Crippen molar-refractivity contribution in [3.05, 3.63) is 48.0 Å². The zero-order valence-corrected chi connectivity index (χ0v) is 13.5. The number of aromatic nitrogens is 1. The fraction of sp³-hybridized carbons (Fsp3) is 0.429. The third-order valence-corrected chi connectivity index (χ3v) is 5.37. The van der Waals surface area contributed by atoms with Crippen LogP contribution in [0.15, 0.2) is 42.5 Å². The minimum absolute atomic E-state index is 0.678. The highest BCUT2D eigenvalue weighted by atomic mass is 15.0. The third kappa shape index (κ3) is 2.24. The minimum atomic E-state index is 0.678. The maximum Gasteiger partial charge on any atom is 0.0494 e. The van der Waals surface area contributed by atoms with Crippen LogP contribution in [-0.2, 0) is 6.42 Å². The summed E-state index contributed by atoms with van der Waals surface area (Å²) in [5.41, 5.74) is 4.30. The quantitative estimate of drug-likeness (QED) is 0.492. The molecule has 0 spiro atoms. The number of hydrogen-bond donors (Lipinski definition) is 0. The van der Waals surface area contributed by atoms with Gasteiger partial charge >= 0.3 is 0 Å². The lowest BCUT2D eigenvalue weighted by molar-refractivity contribution is 0.467. The summed E-state index contributed by atoms with van der Waals surface area (Å²) in [6.45, 7) is 2.24. The van der Waals surface area contributed by atoms with Crippen molar-refractivity contribution in [2.45, 2.75) is 57.9 Å². The van der Waals surface area contributed by atoms with Gasteiger partial charge in [0.2, 0.25) is 0 Å². The van der Waals surface area contributed by atoms with Gasteiger partial charge in [-0.1, -0.05) is 56.9 Å². The molecule has 0 radical (unpaired) electrons. The summed E-state index contributed by atoms with van der Waals surface area (Å²) in [6, 6.07) is 16.7. The van der Waals surface area contributed by atoms with Crippen LogP contribution in [0.4, 0.5) is 0 Å². The zero-order chi connectivity index (χ0) is 14.9. The first kappa shape index (κ1) is 13.9. The standard InChI is InChI=1S/C21H25N/c1-2-16-13-14-21-19(15-16)18-11-7-8-12-20(18)22(21)17-9-5-3-4-6-10-17/h7-8,11-15,17H,2-6,9-10H2,1H3. The van der Waals surface area contributed by atoms with Crippen molar-refractivity contribution in [1.82, 2.24) is 4.57 Å². The molecule has 1 aliphatic carbocycles. The molecule has 0 unspecified atom stereocenters. The second-order valence-electron chi connectivity index (χ2n) is 6.74. The Hall–Kier alpha value is -1.76. The predicted octanol–water partition coefficient (Wildman–Crippen LogP) is 6.25. The second kappa shape index (κ2) is 5.79. The largest absolute Gasteiger partial charge is 0.337 e. The van der Waals surface area contributed by atoms with Crippen LogP contribution >= 0.6 is 0 Å². The van der Waals surface area contributed by atoms with E-state index in [0.717, 1.165) is 6.42 Å². The van der Waals surface area contributed by atoms with Crippen molar-refractivity contribution in [3.63, 3.8) is 0 Å². The first-order chi connectivity index (χ1) is 10.9. The van der Waals surface area contributed by atoms with Crippen LogP contribution in [0.25, 0.3) is 21.8 Å². The van der Waals surface area contributed by atoms with E-state index < -0.39 is 0 Å². The first-order valence-electron chi connectivity index (χ1n) is 8.90. The Kier molecular flexibility index (Phi) is 3.65. The van der Waals surface area contributed by atoms with E-state index >= 15 is 0 Å². The molecule has 0 N–H and O–H groups in total. The molecule has 0 aliphatic heterocycles. The van der Waals surface area contributed by atoms with Gasteiger partial charge in [0.05, 0.1) is 0 Å². The molecule has 4 rings (SSSR count). The average Bonchev–Trinajstić information content (AvgIpc) is 2.72. The Morgan fingerprint density at radius 2 is 1.59 bits per heavy atom. The number of hydrogen-bond acceptors (Lipinski definition) is 0. The van der Waals surface area contributed by atoms with E-state index in [1.54, 1.807) is 0 Å². The summed E-state index contributed by atoms with van der Waals surface area (Å²) in [6.07, 6.45) is 9.37. The monoisotopic (exact) mass is 291 g/mol. The van der Waals surface area contributed by atoms with Gasteiger partial charge in [-0.05, 0) is 43.0 Å². The lowest BCUT2D eigenvalue weighted by Gasteiger charge is -2.19. The maximum absolute atomic E-state index is 2.65. The van der Waals surface area contributed by atoms with Crippen molar-refractivity contribution >= 4 is 21.8 Å². The van der Waals surface area contributed by atoms with Crippen molar-refractivity contribution in [2.24, 2.45) is 0 Å². The van der Waals surface area contributed by atoms with Crippen molar-refractivity contribution in [1.29, 1.82) is 0 Å². The van der Waals surface area contributed by atoms with Gasteiger partial charge in [-0.15, -0.1) is 0 Å². The molecule has 1 nitrogen and oxygen atoms in total. The molecule has 1 aromatic heterocycles. The normalized spacial score (nSPS) is 17.1. The van der Waals surface area contributed by atoms with Crippen molar-refractivity contribution < 1.29 is 0 Å². The van der Waals surface area contributed by atoms with Crippen LogP contribution in [0.1, 0.15) is 57.1 Å². The van der Waals surface area contributed by atoms with Crippen LogP contribution in [0.5, 0.6) is 0 Å². The van der Waals surface area contributed by atoms with Crippen molar-refractivity contribution in [2.75, 3.05) is 0 Å². The molecule has 1 heteroatoms. The Balaban J connectivity index is 1.98. The Morgan fingerprint density at radius 3 is 2.36 bits per heavy atom. The lowest BCUT2D eigenvalue weighted by Crippen LogP contribution is -2.07. The molecule has 0 atom stereocenters. The van der Waals surface area contributed by atoms with E-state index in [-0.39, 0.29) is 0 Å². The van der Waals surface area contributed by atoms with Crippen molar-refractivity contribution in [3.8, 4) is 0 Å². The van der Waals surface area contributed by atoms with Gasteiger partial charge in [0.25, 0.3) is 0 Å². The number of para-hydroxylation sites is 1. The molecule has 1 aliphatic rings. The number of rotatable bonds is 2. The number of fused-ring (bicyclic) bond motifs is 3. The van der Waals surface area contributed by atoms with Gasteiger partial charge < -0.3 is 4.57 Å². The SMILES string of the molecule is CCc1ccc2c(c1)c1ccccc1n2C1CCCCCC1. The highest BCUT2D eigenvalue weighted by Gasteiger charge is 2.19. The summed E-state index contributed by atoms with van der Waals surface area (Å²) in [4.78, 5) is 0. The van der Waals surface area contributed by atoms with Crippen LogP contribution in [0.3, 0.4) is 0 Å². The molecule has 22 heavy (non-hydrogen) atoms. The Labute approximate surface area is 132 Å². The molecule has 1 saturated carbocycles. The minimum Gasteiger partial charge on any atom is -0.337 e. The summed E-state index contributed by atoms with van der Waals surface area (Å²) in [7, 11) is 0. The molecule has 2 aromatic carbocycles. The number of aryl methyl sites for hydroxylation is 1. The van der Waals surface area contributed by atoms with Gasteiger partial charge in [-0.25, -0.2) is 0 Å². The highest BCUT2D eigenvalue weighted by Crippen LogP contribution is 2.37. The van der Waals surface area contributed by atoms with Gasteiger partial charge in [0.15, 0.2) is 0 Å². The number of benzene rings is 2. The van der Waals surface area contributed by atoms with Gasteiger partial charge in [-0.3, -0.25) is 0 Å². The highest BCUT2D eigenvalue weighted by molar-refractivity contribution is 6.08. The van der Waals surface area contributed by atoms with E-state index in [9.17, 15) is 0 Å². The zero-order valence-electron chi connectivity index (χ0n) is 13.5. The summed E-state index contributed by atoms with van der Waals surface area (Å²) in [5, 5.41) is 2.87. The molecule has 3 aromatic rings. The summed E-state index contributed by atoms with van der Waals surface area (Å²) in [5.74, 6) is 0. The molecule has 1 fully saturated rings. The molecule has 0 saturated heterocycles. The topological polar surface area (TPSA) is 4.93 Å². The Bertz CT molecular complexity index is 788. The van der Waals surface area contributed by atoms with Crippen LogP contribution in [0, 0.1) is 0 Å². The van der Waals surface area contributed by atoms with E-state index in [1.807, 2.05) is 0 Å². The summed E-state index contributed by atoms with van der Waals surface area (Å²) < 4.78 is 2.65. The van der Waals surface area contributed by atoms with Gasteiger partial charge in [-0.2, -0.15) is 0 Å². The fourth-order valence-electron chi connectivity index (χ4n) is 4.18.